The molecule has 2 rings (SSSR count). The van der Waals surface area contributed by atoms with Gasteiger partial charge in [-0.2, -0.15) is 26.3 Å². The number of hydrogen-bond donors (Lipinski definition) is 6. The molecule has 0 heterocycles. The summed E-state index contributed by atoms with van der Waals surface area (Å²) in [6.07, 6.45) is -8.19. The van der Waals surface area contributed by atoms with Gasteiger partial charge in [0.2, 0.25) is 11.8 Å². The fourth-order valence-corrected chi connectivity index (χ4v) is 3.91. The largest absolute Gasteiger partial charge is 0.480 e. The molecule has 0 spiro atoms. The van der Waals surface area contributed by atoms with Gasteiger partial charge in [-0.3, -0.25) is 19.2 Å². The predicted molar refractivity (Wildman–Crippen MR) is 164 cm³/mol. The van der Waals surface area contributed by atoms with Gasteiger partial charge in [0, 0.05) is 60.2 Å². The standard InChI is InChI=1S/C14H16BrF3N2O2.C9H7BrF3NO2.C4H10N2O/c1-9(21)19-6-2-3-11(22)8-20-10-4-5-13(15)12(7-10)14(16,17)18;10-7-2-1-5(14-4-8(15)16)3-6(7)9(11,12)13;1-4(7)6-3-2-5/h4-5,7,20H,2-3,6,8H2,1H3,(H,19,21);1-3,14H,4H2,(H,15,16);2-3,5H2,1H3,(H,6,7). The number of nitrogens with two attached hydrogens (primary N) is 1. The summed E-state index contributed by atoms with van der Waals surface area (Å²) in [5.41, 5.74) is 3.76. The van der Waals surface area contributed by atoms with Gasteiger partial charge in [0.15, 0.2) is 5.78 Å². The van der Waals surface area contributed by atoms with Crippen molar-refractivity contribution < 1.29 is 50.6 Å². The number of benzene rings is 2. The van der Waals surface area contributed by atoms with Gasteiger partial charge in [-0.25, -0.2) is 0 Å². The summed E-state index contributed by atoms with van der Waals surface area (Å²) in [4.78, 5) is 42.5. The van der Waals surface area contributed by atoms with Crippen LogP contribution in [0.4, 0.5) is 37.7 Å². The zero-order chi connectivity index (χ0) is 34.8. The fourth-order valence-electron chi connectivity index (χ4n) is 2.97. The van der Waals surface area contributed by atoms with E-state index in [1.165, 1.54) is 38.1 Å². The average Bonchev–Trinajstić information content (AvgIpc) is 2.92. The van der Waals surface area contributed by atoms with E-state index >= 15 is 0 Å². The molecule has 2 aromatic rings. The third-order valence-electron chi connectivity index (χ3n) is 5.00. The summed E-state index contributed by atoms with van der Waals surface area (Å²) in [6, 6.07) is 7.13. The van der Waals surface area contributed by atoms with Crippen molar-refractivity contribution in [3.8, 4) is 0 Å². The van der Waals surface area contributed by atoms with E-state index in [4.69, 9.17) is 10.8 Å². The molecule has 7 N–H and O–H groups in total. The molecule has 18 heteroatoms. The molecule has 0 atom stereocenters. The number of anilines is 2. The zero-order valence-corrected chi connectivity index (χ0v) is 27.3. The van der Waals surface area contributed by atoms with E-state index < -0.39 is 36.0 Å². The molecule has 252 valence electrons. The van der Waals surface area contributed by atoms with Gasteiger partial charge in [-0.15, -0.1) is 0 Å². The first-order valence-corrected chi connectivity index (χ1v) is 14.5. The number of carbonyl (C=O) groups is 4. The Labute approximate surface area is 272 Å². The van der Waals surface area contributed by atoms with Gasteiger partial charge in [-0.1, -0.05) is 31.9 Å². The highest BCUT2D eigenvalue weighted by molar-refractivity contribution is 9.10. The van der Waals surface area contributed by atoms with Crippen molar-refractivity contribution in [2.45, 2.75) is 39.0 Å². The van der Waals surface area contributed by atoms with Crippen LogP contribution in [0.1, 0.15) is 37.8 Å². The van der Waals surface area contributed by atoms with Crippen molar-refractivity contribution in [1.29, 1.82) is 0 Å². The van der Waals surface area contributed by atoms with E-state index in [0.29, 0.717) is 26.1 Å². The number of Topliss-reactive ketones (excluding diaryl/α,β-unsaturated/α-hetero) is 1. The van der Waals surface area contributed by atoms with Crippen LogP contribution in [0, 0.1) is 0 Å². The molecule has 0 fully saturated rings. The number of carboxylic acid groups (broad SMARTS) is 1. The number of amides is 2. The number of carboxylic acids is 1. The van der Waals surface area contributed by atoms with Crippen molar-refractivity contribution in [3.63, 3.8) is 0 Å². The second-order valence-electron chi connectivity index (χ2n) is 8.88. The van der Waals surface area contributed by atoms with Gasteiger partial charge in [0.05, 0.1) is 17.7 Å². The highest BCUT2D eigenvalue weighted by Crippen LogP contribution is 2.37. The van der Waals surface area contributed by atoms with Crippen molar-refractivity contribution >= 4 is 66.8 Å². The lowest BCUT2D eigenvalue weighted by molar-refractivity contribution is -0.139. The van der Waals surface area contributed by atoms with Crippen LogP contribution in [0.3, 0.4) is 0 Å². The van der Waals surface area contributed by atoms with Gasteiger partial charge in [-0.05, 0) is 42.8 Å². The molecule has 0 aliphatic rings. The maximum absolute atomic E-state index is 12.7. The van der Waals surface area contributed by atoms with E-state index in [9.17, 15) is 45.5 Å². The predicted octanol–water partition coefficient (Wildman–Crippen LogP) is 5.41. The van der Waals surface area contributed by atoms with Gasteiger partial charge in [0.1, 0.15) is 6.54 Å². The second kappa shape index (κ2) is 20.6. The van der Waals surface area contributed by atoms with Gasteiger partial charge in [0.25, 0.3) is 0 Å². The van der Waals surface area contributed by atoms with E-state index in [2.05, 4.69) is 53.1 Å². The maximum atomic E-state index is 12.7. The lowest BCUT2D eigenvalue weighted by Crippen LogP contribution is -2.26. The maximum Gasteiger partial charge on any atom is 0.417 e. The molecule has 0 unspecified atom stereocenters. The number of alkyl halides is 6. The average molecular weight is 781 g/mol. The van der Waals surface area contributed by atoms with Crippen LogP contribution in [0.25, 0.3) is 0 Å². The Kier molecular flexibility index (Phi) is 19.1. The second-order valence-corrected chi connectivity index (χ2v) is 10.6. The van der Waals surface area contributed by atoms with Crippen molar-refractivity contribution in [3.05, 3.63) is 56.5 Å². The number of ketones is 1. The number of carbonyl (C=O) groups excluding carboxylic acids is 3. The molecule has 0 bridgehead atoms. The molecule has 2 amide bonds. The van der Waals surface area contributed by atoms with Gasteiger partial charge >= 0.3 is 18.3 Å². The summed E-state index contributed by atoms with van der Waals surface area (Å²) in [5, 5.41) is 18.5. The SMILES string of the molecule is CC(=O)NCCCC(=O)CNc1ccc(Br)c(C(F)(F)F)c1.CC(=O)NCCN.O=C(O)CNc1ccc(Br)c(C(F)(F)F)c1. The number of halogens is 8. The molecule has 0 radical (unpaired) electrons. The van der Waals surface area contributed by atoms with Crippen LogP contribution in [0.5, 0.6) is 0 Å². The lowest BCUT2D eigenvalue weighted by Gasteiger charge is -2.12. The van der Waals surface area contributed by atoms with Crippen LogP contribution in [0.15, 0.2) is 45.3 Å². The summed E-state index contributed by atoms with van der Waals surface area (Å²) >= 11 is 5.63. The first-order chi connectivity index (χ1) is 20.8. The summed E-state index contributed by atoms with van der Waals surface area (Å²) < 4.78 is 75.4. The first-order valence-electron chi connectivity index (χ1n) is 12.9. The molecular weight excluding hydrogens is 748 g/mol. The van der Waals surface area contributed by atoms with Crippen LogP contribution < -0.4 is 27.0 Å². The van der Waals surface area contributed by atoms with Crippen LogP contribution in [0.2, 0.25) is 0 Å². The topological polar surface area (TPSA) is 163 Å². The Morgan fingerprint density at radius 1 is 0.756 bits per heavy atom. The molecule has 0 aliphatic carbocycles. The Morgan fingerprint density at radius 3 is 1.53 bits per heavy atom. The van der Waals surface area contributed by atoms with Crippen LogP contribution in [-0.2, 0) is 31.5 Å². The smallest absolute Gasteiger partial charge is 0.417 e. The Bertz CT molecular complexity index is 1280. The Hall–Kier alpha value is -3.38. The molecular formula is C27H33Br2F6N5O5. The van der Waals surface area contributed by atoms with E-state index in [0.717, 1.165) is 12.1 Å². The normalized spacial score (nSPS) is 10.7. The molecule has 45 heavy (non-hydrogen) atoms. The third kappa shape index (κ3) is 19.6. The molecule has 0 aromatic heterocycles. The molecule has 0 saturated carbocycles. The summed E-state index contributed by atoms with van der Waals surface area (Å²) in [7, 11) is 0. The number of nitrogens with one attached hydrogen (secondary N) is 4. The zero-order valence-electron chi connectivity index (χ0n) is 24.1. The van der Waals surface area contributed by atoms with Crippen LogP contribution >= 0.6 is 31.9 Å². The molecule has 0 saturated heterocycles. The van der Waals surface area contributed by atoms with E-state index in [1.54, 1.807) is 0 Å². The quantitative estimate of drug-likeness (QED) is 0.123. The van der Waals surface area contributed by atoms with Crippen molar-refractivity contribution in [2.24, 2.45) is 5.73 Å². The van der Waals surface area contributed by atoms with Crippen molar-refractivity contribution in [1.82, 2.24) is 10.6 Å². The fraction of sp³-hybridized carbons (Fsp3) is 0.407. The third-order valence-corrected chi connectivity index (χ3v) is 6.38. The molecule has 2 aromatic carbocycles. The Balaban J connectivity index is 0.000000733. The number of aliphatic carboxylic acids is 1. The minimum absolute atomic E-state index is 0.0227. The van der Waals surface area contributed by atoms with Gasteiger partial charge < -0.3 is 32.1 Å². The molecule has 10 nitrogen and oxygen atoms in total. The van der Waals surface area contributed by atoms with E-state index in [1.807, 2.05) is 0 Å². The minimum Gasteiger partial charge on any atom is -0.480 e. The monoisotopic (exact) mass is 779 g/mol. The van der Waals surface area contributed by atoms with Crippen molar-refractivity contribution in [2.75, 3.05) is 43.4 Å². The summed E-state index contributed by atoms with van der Waals surface area (Å²) in [5.74, 6) is -1.47. The highest BCUT2D eigenvalue weighted by Gasteiger charge is 2.34. The number of rotatable bonds is 12. The first kappa shape index (κ1) is 41.6. The lowest BCUT2D eigenvalue weighted by atomic mass is 10.1. The van der Waals surface area contributed by atoms with Crippen LogP contribution in [-0.4, -0.2) is 61.4 Å². The molecule has 0 aliphatic heterocycles. The van der Waals surface area contributed by atoms with E-state index in [-0.39, 0.29) is 50.9 Å². The Morgan fingerprint density at radius 2 is 1.18 bits per heavy atom. The minimum atomic E-state index is -4.47. The highest BCUT2D eigenvalue weighted by atomic mass is 79.9. The number of hydrogen-bond acceptors (Lipinski definition) is 7. The summed E-state index contributed by atoms with van der Waals surface area (Å²) in [6.45, 7) is 3.86.